The molecule has 0 aromatic rings. The zero-order valence-corrected chi connectivity index (χ0v) is 10.5. The van der Waals surface area contributed by atoms with Crippen molar-refractivity contribution >= 4 is 17.5 Å². The van der Waals surface area contributed by atoms with Crippen molar-refractivity contribution in [3.8, 4) is 0 Å². The highest BCUT2D eigenvalue weighted by Gasteiger charge is 2.16. The summed E-state index contributed by atoms with van der Waals surface area (Å²) >= 11 is 5.56. The number of alkyl halides is 1. The predicted molar refractivity (Wildman–Crippen MR) is 61.6 cm³/mol. The van der Waals surface area contributed by atoms with Crippen LogP contribution in [0.2, 0.25) is 0 Å². The molecule has 0 aliphatic heterocycles. The Labute approximate surface area is 92.6 Å². The van der Waals surface area contributed by atoms with E-state index in [4.69, 9.17) is 11.6 Å². The third-order valence-electron chi connectivity index (χ3n) is 2.03. The molecule has 0 saturated heterocycles. The third-order valence-corrected chi connectivity index (χ3v) is 2.30. The molecule has 0 aromatic heterocycles. The summed E-state index contributed by atoms with van der Waals surface area (Å²) in [4.78, 5) is 13.7. The lowest BCUT2D eigenvalue weighted by Crippen LogP contribution is -2.39. The van der Waals surface area contributed by atoms with E-state index in [0.717, 1.165) is 13.0 Å². The molecule has 84 valence electrons. The van der Waals surface area contributed by atoms with E-state index in [-0.39, 0.29) is 5.91 Å². The number of nitrogens with zero attached hydrogens (tertiary/aromatic N) is 1. The summed E-state index contributed by atoms with van der Waals surface area (Å²) in [6, 6.07) is 0.292. The maximum Gasteiger partial charge on any atom is 0.222 e. The van der Waals surface area contributed by atoms with Gasteiger partial charge in [0.1, 0.15) is 0 Å². The van der Waals surface area contributed by atoms with Gasteiger partial charge in [0.05, 0.1) is 0 Å². The summed E-state index contributed by atoms with van der Waals surface area (Å²) in [6.45, 7) is 9.22. The van der Waals surface area contributed by atoms with Gasteiger partial charge in [-0.2, -0.15) is 0 Å². The van der Waals surface area contributed by atoms with Crippen molar-refractivity contribution < 1.29 is 4.79 Å². The van der Waals surface area contributed by atoms with Crippen molar-refractivity contribution in [2.75, 3.05) is 12.4 Å². The molecular weight excluding hydrogens is 198 g/mol. The molecule has 0 unspecified atom stereocenters. The monoisotopic (exact) mass is 219 g/mol. The van der Waals surface area contributed by atoms with Gasteiger partial charge in [-0.1, -0.05) is 13.8 Å². The van der Waals surface area contributed by atoms with Crippen LogP contribution in [-0.4, -0.2) is 29.3 Å². The molecule has 2 nitrogen and oxygen atoms in total. The van der Waals surface area contributed by atoms with Gasteiger partial charge < -0.3 is 4.90 Å². The van der Waals surface area contributed by atoms with Gasteiger partial charge in [0, 0.05) is 24.9 Å². The molecule has 0 heterocycles. The summed E-state index contributed by atoms with van der Waals surface area (Å²) in [5.74, 6) is 1.33. The van der Waals surface area contributed by atoms with Crippen LogP contribution in [0.1, 0.15) is 40.5 Å². The first kappa shape index (κ1) is 13.8. The summed E-state index contributed by atoms with van der Waals surface area (Å²) in [7, 11) is 0. The fraction of sp³-hybridized carbons (Fsp3) is 0.909. The molecule has 0 bridgehead atoms. The molecule has 0 fully saturated rings. The minimum atomic E-state index is 0.231. The van der Waals surface area contributed by atoms with E-state index in [0.29, 0.717) is 24.3 Å². The second kappa shape index (κ2) is 7.10. The average Bonchev–Trinajstić information content (AvgIpc) is 2.09. The predicted octanol–water partition coefficient (Wildman–Crippen LogP) is 2.90. The lowest BCUT2D eigenvalue weighted by Gasteiger charge is -2.28. The van der Waals surface area contributed by atoms with Gasteiger partial charge in [-0.25, -0.2) is 0 Å². The molecular formula is C11H22ClNO. The van der Waals surface area contributed by atoms with Crippen LogP contribution in [0.3, 0.4) is 0 Å². The van der Waals surface area contributed by atoms with E-state index in [1.165, 1.54) is 0 Å². The fourth-order valence-electron chi connectivity index (χ4n) is 1.36. The summed E-state index contributed by atoms with van der Waals surface area (Å²) in [6.07, 6.45) is 1.36. The summed E-state index contributed by atoms with van der Waals surface area (Å²) < 4.78 is 0. The number of amides is 1. The van der Waals surface area contributed by atoms with Gasteiger partial charge in [0.2, 0.25) is 5.91 Å². The zero-order valence-electron chi connectivity index (χ0n) is 9.72. The number of halogens is 1. The van der Waals surface area contributed by atoms with Gasteiger partial charge >= 0.3 is 0 Å². The topological polar surface area (TPSA) is 20.3 Å². The second-order valence-corrected chi connectivity index (χ2v) is 4.70. The van der Waals surface area contributed by atoms with Crippen molar-refractivity contribution in [3.63, 3.8) is 0 Å². The standard InChI is InChI=1S/C11H22ClNO/c1-9(2)8-13(10(3)4)11(14)6-5-7-12/h9-10H,5-8H2,1-4H3. The van der Waals surface area contributed by atoms with E-state index in [1.54, 1.807) is 0 Å². The molecule has 0 saturated carbocycles. The molecule has 0 rings (SSSR count). The van der Waals surface area contributed by atoms with Gasteiger partial charge in [0.25, 0.3) is 0 Å². The van der Waals surface area contributed by atoms with Crippen molar-refractivity contribution in [1.82, 2.24) is 4.90 Å². The van der Waals surface area contributed by atoms with E-state index in [2.05, 4.69) is 27.7 Å². The molecule has 0 radical (unpaired) electrons. The summed E-state index contributed by atoms with van der Waals surface area (Å²) in [5.41, 5.74) is 0. The van der Waals surface area contributed by atoms with Crippen LogP contribution >= 0.6 is 11.6 Å². The van der Waals surface area contributed by atoms with Crippen molar-refractivity contribution in [1.29, 1.82) is 0 Å². The van der Waals surface area contributed by atoms with Crippen LogP contribution in [0.5, 0.6) is 0 Å². The van der Waals surface area contributed by atoms with Crippen LogP contribution in [0.15, 0.2) is 0 Å². The zero-order chi connectivity index (χ0) is 11.1. The first-order valence-electron chi connectivity index (χ1n) is 5.34. The fourth-order valence-corrected chi connectivity index (χ4v) is 1.49. The largest absolute Gasteiger partial charge is 0.340 e. The second-order valence-electron chi connectivity index (χ2n) is 4.33. The Morgan fingerprint density at radius 2 is 1.86 bits per heavy atom. The van der Waals surface area contributed by atoms with Gasteiger partial charge in [0.15, 0.2) is 0 Å². The molecule has 0 atom stereocenters. The number of hydrogen-bond donors (Lipinski definition) is 0. The Kier molecular flexibility index (Phi) is 6.98. The molecule has 0 spiro atoms. The van der Waals surface area contributed by atoms with E-state index in [9.17, 15) is 4.79 Å². The molecule has 0 N–H and O–H groups in total. The Bertz CT molecular complexity index is 169. The van der Waals surface area contributed by atoms with E-state index < -0.39 is 0 Å². The molecule has 0 aliphatic carbocycles. The number of carbonyl (C=O) groups excluding carboxylic acids is 1. The van der Waals surface area contributed by atoms with Crippen LogP contribution in [0, 0.1) is 5.92 Å². The number of rotatable bonds is 6. The highest BCUT2D eigenvalue weighted by molar-refractivity contribution is 6.17. The highest BCUT2D eigenvalue weighted by atomic mass is 35.5. The van der Waals surface area contributed by atoms with Crippen molar-refractivity contribution in [2.45, 2.75) is 46.6 Å². The number of hydrogen-bond acceptors (Lipinski definition) is 1. The van der Waals surface area contributed by atoms with Crippen molar-refractivity contribution in [2.24, 2.45) is 5.92 Å². The highest BCUT2D eigenvalue weighted by Crippen LogP contribution is 2.08. The van der Waals surface area contributed by atoms with Gasteiger partial charge in [-0.15, -0.1) is 11.6 Å². The maximum absolute atomic E-state index is 11.7. The van der Waals surface area contributed by atoms with Gasteiger partial charge in [-0.05, 0) is 26.2 Å². The lowest BCUT2D eigenvalue weighted by molar-refractivity contribution is -0.133. The van der Waals surface area contributed by atoms with Crippen LogP contribution in [0.4, 0.5) is 0 Å². The quantitative estimate of drug-likeness (QED) is 0.630. The Balaban J connectivity index is 4.12. The van der Waals surface area contributed by atoms with Crippen molar-refractivity contribution in [3.05, 3.63) is 0 Å². The SMILES string of the molecule is CC(C)CN(C(=O)CCCCl)C(C)C. The Hall–Kier alpha value is -0.240. The molecule has 14 heavy (non-hydrogen) atoms. The Morgan fingerprint density at radius 1 is 1.29 bits per heavy atom. The normalized spacial score (nSPS) is 11.1. The first-order chi connectivity index (χ1) is 6.49. The molecule has 0 aromatic carbocycles. The summed E-state index contributed by atoms with van der Waals surface area (Å²) in [5, 5.41) is 0. The number of carbonyl (C=O) groups is 1. The average molecular weight is 220 g/mol. The minimum Gasteiger partial charge on any atom is -0.340 e. The minimum absolute atomic E-state index is 0.231. The Morgan fingerprint density at radius 3 is 2.21 bits per heavy atom. The molecule has 3 heteroatoms. The first-order valence-corrected chi connectivity index (χ1v) is 5.88. The molecule has 1 amide bonds. The van der Waals surface area contributed by atoms with Crippen LogP contribution < -0.4 is 0 Å². The smallest absolute Gasteiger partial charge is 0.222 e. The molecule has 0 aliphatic rings. The van der Waals surface area contributed by atoms with E-state index >= 15 is 0 Å². The van der Waals surface area contributed by atoms with E-state index in [1.807, 2.05) is 4.90 Å². The maximum atomic E-state index is 11.7. The third kappa shape index (κ3) is 5.48. The lowest BCUT2D eigenvalue weighted by atomic mass is 10.1. The van der Waals surface area contributed by atoms with Gasteiger partial charge in [-0.3, -0.25) is 4.79 Å². The van der Waals surface area contributed by atoms with Crippen LogP contribution in [0.25, 0.3) is 0 Å². The van der Waals surface area contributed by atoms with Crippen LogP contribution in [-0.2, 0) is 4.79 Å².